The van der Waals surface area contributed by atoms with Crippen molar-refractivity contribution in [2.75, 3.05) is 12.4 Å². The molecule has 0 radical (unpaired) electrons. The van der Waals surface area contributed by atoms with Crippen molar-refractivity contribution >= 4 is 17.5 Å². The molecule has 2 rings (SSSR count). The number of nitrogens with one attached hydrogen (secondary N) is 1. The average molecular weight is 328 g/mol. The minimum absolute atomic E-state index is 0.264. The number of nitrogens with two attached hydrogens (primary N) is 1. The van der Waals surface area contributed by atoms with Crippen LogP contribution in [-0.4, -0.2) is 25.0 Å². The Balaban J connectivity index is 2.00. The van der Waals surface area contributed by atoms with E-state index in [0.29, 0.717) is 23.4 Å². The van der Waals surface area contributed by atoms with Crippen LogP contribution in [-0.2, 0) is 4.79 Å². The Bertz CT molecular complexity index is 696. The molecule has 2 aromatic rings. The summed E-state index contributed by atoms with van der Waals surface area (Å²) >= 11 is 0. The summed E-state index contributed by atoms with van der Waals surface area (Å²) in [6, 6.07) is 13.4. The Morgan fingerprint density at radius 1 is 1.04 bits per heavy atom. The minimum Gasteiger partial charge on any atom is -0.497 e. The average Bonchev–Trinajstić information content (AvgIpc) is 2.60. The Hall–Kier alpha value is -3.02. The van der Waals surface area contributed by atoms with Crippen molar-refractivity contribution < 1.29 is 19.1 Å². The smallest absolute Gasteiger partial charge is 0.265 e. The highest BCUT2D eigenvalue weighted by atomic mass is 16.5. The van der Waals surface area contributed by atoms with E-state index in [2.05, 4.69) is 5.32 Å². The number of rotatable bonds is 7. The fraction of sp³-hybridized carbons (Fsp3) is 0.222. The van der Waals surface area contributed by atoms with Gasteiger partial charge in [0.1, 0.15) is 11.5 Å². The molecule has 6 nitrogen and oxygen atoms in total. The monoisotopic (exact) mass is 328 g/mol. The third kappa shape index (κ3) is 4.49. The lowest BCUT2D eigenvalue weighted by molar-refractivity contribution is -0.122. The van der Waals surface area contributed by atoms with Crippen LogP contribution < -0.4 is 20.5 Å². The summed E-state index contributed by atoms with van der Waals surface area (Å²) in [6.07, 6.45) is -0.119. The van der Waals surface area contributed by atoms with Crippen LogP contribution in [0, 0.1) is 0 Å². The molecule has 2 amide bonds. The van der Waals surface area contributed by atoms with E-state index in [1.807, 2.05) is 6.92 Å². The molecule has 1 atom stereocenters. The zero-order valence-corrected chi connectivity index (χ0v) is 13.6. The topological polar surface area (TPSA) is 90.7 Å². The van der Waals surface area contributed by atoms with Crippen molar-refractivity contribution in [2.45, 2.75) is 19.4 Å². The molecule has 2 aromatic carbocycles. The molecule has 0 spiro atoms. The molecule has 3 N–H and O–H groups in total. The molecule has 0 saturated heterocycles. The van der Waals surface area contributed by atoms with Crippen molar-refractivity contribution in [2.24, 2.45) is 5.73 Å². The second-order valence-corrected chi connectivity index (χ2v) is 5.12. The number of ether oxygens (including phenoxy) is 2. The van der Waals surface area contributed by atoms with E-state index in [9.17, 15) is 9.59 Å². The first-order valence-electron chi connectivity index (χ1n) is 7.55. The minimum atomic E-state index is -0.630. The first-order chi connectivity index (χ1) is 11.5. The van der Waals surface area contributed by atoms with Crippen molar-refractivity contribution in [1.29, 1.82) is 0 Å². The molecule has 0 unspecified atom stereocenters. The number of primary amides is 1. The fourth-order valence-electron chi connectivity index (χ4n) is 2.08. The maximum Gasteiger partial charge on any atom is 0.265 e. The van der Waals surface area contributed by atoms with Gasteiger partial charge >= 0.3 is 0 Å². The molecule has 0 saturated carbocycles. The van der Waals surface area contributed by atoms with Gasteiger partial charge in [0.05, 0.1) is 7.11 Å². The molecule has 0 aliphatic carbocycles. The molecule has 0 heterocycles. The molecule has 0 aromatic heterocycles. The Labute approximate surface area is 140 Å². The van der Waals surface area contributed by atoms with Gasteiger partial charge in [0.15, 0.2) is 6.10 Å². The lowest BCUT2D eigenvalue weighted by Crippen LogP contribution is -2.32. The summed E-state index contributed by atoms with van der Waals surface area (Å²) in [6.45, 7) is 1.87. The van der Waals surface area contributed by atoms with Gasteiger partial charge in [0, 0.05) is 11.3 Å². The lowest BCUT2D eigenvalue weighted by atomic mass is 10.2. The third-order valence-corrected chi connectivity index (χ3v) is 3.44. The number of hydrogen-bond acceptors (Lipinski definition) is 4. The Kier molecular flexibility index (Phi) is 5.78. The van der Waals surface area contributed by atoms with E-state index in [1.54, 1.807) is 55.6 Å². The predicted octanol–water partition coefficient (Wildman–Crippen LogP) is 2.59. The highest BCUT2D eigenvalue weighted by Gasteiger charge is 2.18. The number of methoxy groups -OCH3 is 1. The van der Waals surface area contributed by atoms with Crippen LogP contribution in [0.1, 0.15) is 23.7 Å². The SMILES string of the molecule is CC[C@@H](Oc1ccc(OC)cc1)C(=O)Nc1ccc(C(N)=O)cc1. The number of carbonyl (C=O) groups is 2. The van der Waals surface area contributed by atoms with E-state index >= 15 is 0 Å². The van der Waals surface area contributed by atoms with E-state index in [1.165, 1.54) is 0 Å². The van der Waals surface area contributed by atoms with Gasteiger partial charge in [0.25, 0.3) is 5.91 Å². The van der Waals surface area contributed by atoms with Gasteiger partial charge in [-0.1, -0.05) is 6.92 Å². The normalized spacial score (nSPS) is 11.4. The number of hydrogen-bond donors (Lipinski definition) is 2. The molecule has 24 heavy (non-hydrogen) atoms. The van der Waals surface area contributed by atoms with Crippen LogP contribution in [0.5, 0.6) is 11.5 Å². The van der Waals surface area contributed by atoms with Gasteiger partial charge in [-0.3, -0.25) is 9.59 Å². The van der Waals surface area contributed by atoms with Crippen molar-refractivity contribution in [1.82, 2.24) is 0 Å². The molecular weight excluding hydrogens is 308 g/mol. The van der Waals surface area contributed by atoms with Crippen LogP contribution in [0.2, 0.25) is 0 Å². The van der Waals surface area contributed by atoms with Crippen molar-refractivity contribution in [3.63, 3.8) is 0 Å². The second-order valence-electron chi connectivity index (χ2n) is 5.12. The van der Waals surface area contributed by atoms with Gasteiger partial charge in [-0.2, -0.15) is 0 Å². The van der Waals surface area contributed by atoms with Gasteiger partial charge in [-0.05, 0) is 55.0 Å². The van der Waals surface area contributed by atoms with Crippen LogP contribution in [0.3, 0.4) is 0 Å². The van der Waals surface area contributed by atoms with Gasteiger partial charge in [0.2, 0.25) is 5.91 Å². The molecule has 0 aliphatic rings. The lowest BCUT2D eigenvalue weighted by Gasteiger charge is -2.17. The highest BCUT2D eigenvalue weighted by molar-refractivity contribution is 5.96. The number of carbonyl (C=O) groups excluding carboxylic acids is 2. The van der Waals surface area contributed by atoms with Crippen molar-refractivity contribution in [3.05, 3.63) is 54.1 Å². The first kappa shape index (κ1) is 17.3. The summed E-state index contributed by atoms with van der Waals surface area (Å²) in [4.78, 5) is 23.4. The number of benzene rings is 2. The molecular formula is C18H20N2O4. The summed E-state index contributed by atoms with van der Waals surface area (Å²) in [5.74, 6) is 0.526. The van der Waals surface area contributed by atoms with Gasteiger partial charge < -0.3 is 20.5 Å². The summed E-state index contributed by atoms with van der Waals surface area (Å²) in [5.41, 5.74) is 6.14. The van der Waals surface area contributed by atoms with Crippen LogP contribution in [0.25, 0.3) is 0 Å². The first-order valence-corrected chi connectivity index (χ1v) is 7.55. The molecule has 126 valence electrons. The quantitative estimate of drug-likeness (QED) is 0.817. The summed E-state index contributed by atoms with van der Waals surface area (Å²) in [7, 11) is 1.58. The van der Waals surface area contributed by atoms with Crippen LogP contribution in [0.4, 0.5) is 5.69 Å². The maximum absolute atomic E-state index is 12.3. The molecule has 0 bridgehead atoms. The number of amides is 2. The standard InChI is InChI=1S/C18H20N2O4/c1-3-16(24-15-10-8-14(23-2)9-11-15)18(22)20-13-6-4-12(5-7-13)17(19)21/h4-11,16H,3H2,1-2H3,(H2,19,21)(H,20,22)/t16-/m1/s1. The zero-order valence-electron chi connectivity index (χ0n) is 13.6. The second kappa shape index (κ2) is 8.01. The van der Waals surface area contributed by atoms with Crippen LogP contribution >= 0.6 is 0 Å². The summed E-state index contributed by atoms with van der Waals surface area (Å²) < 4.78 is 10.8. The largest absolute Gasteiger partial charge is 0.497 e. The Morgan fingerprint density at radius 3 is 2.12 bits per heavy atom. The highest BCUT2D eigenvalue weighted by Crippen LogP contribution is 2.19. The summed E-state index contributed by atoms with van der Waals surface area (Å²) in [5, 5.41) is 2.76. The Morgan fingerprint density at radius 2 is 1.62 bits per heavy atom. The van der Waals surface area contributed by atoms with Crippen molar-refractivity contribution in [3.8, 4) is 11.5 Å². The molecule has 6 heteroatoms. The van der Waals surface area contributed by atoms with Crippen LogP contribution in [0.15, 0.2) is 48.5 Å². The van der Waals surface area contributed by atoms with E-state index in [0.717, 1.165) is 5.75 Å². The van der Waals surface area contributed by atoms with Gasteiger partial charge in [-0.25, -0.2) is 0 Å². The third-order valence-electron chi connectivity index (χ3n) is 3.44. The molecule has 0 fully saturated rings. The zero-order chi connectivity index (χ0) is 17.5. The van der Waals surface area contributed by atoms with E-state index < -0.39 is 12.0 Å². The van der Waals surface area contributed by atoms with E-state index in [-0.39, 0.29) is 5.91 Å². The predicted molar refractivity (Wildman–Crippen MR) is 91.3 cm³/mol. The maximum atomic E-state index is 12.3. The fourth-order valence-corrected chi connectivity index (χ4v) is 2.08. The number of anilines is 1. The van der Waals surface area contributed by atoms with E-state index in [4.69, 9.17) is 15.2 Å². The van der Waals surface area contributed by atoms with Gasteiger partial charge in [-0.15, -0.1) is 0 Å². The molecule has 0 aliphatic heterocycles.